The van der Waals surface area contributed by atoms with Crippen LogP contribution in [-0.2, 0) is 21.1 Å². The predicted octanol–water partition coefficient (Wildman–Crippen LogP) is 11.7. The Morgan fingerprint density at radius 2 is 1.48 bits per heavy atom. The third-order valence-electron chi connectivity index (χ3n) is 10.7. The summed E-state index contributed by atoms with van der Waals surface area (Å²) in [6, 6.07) is 49.8. The van der Waals surface area contributed by atoms with Crippen molar-refractivity contribution in [1.82, 2.24) is 19.3 Å². The quantitative estimate of drug-likeness (QED) is 0.150. The number of allylic oxidation sites excluding steroid dienone is 2. The molecule has 0 amide bonds. The van der Waals surface area contributed by atoms with Crippen molar-refractivity contribution in [2.75, 3.05) is 0 Å². The molecule has 268 valence electrons. The fourth-order valence-electron chi connectivity index (χ4n) is 8.38. The monoisotopic (exact) mass is 883 g/mol. The summed E-state index contributed by atoms with van der Waals surface area (Å²) in [5.74, 6) is 2.58. The largest absolute Gasteiger partial charge is 2.00 e. The maximum atomic E-state index is 6.59. The first-order chi connectivity index (χ1) is 25.9. The van der Waals surface area contributed by atoms with E-state index >= 15 is 0 Å². The molecule has 0 aliphatic heterocycles. The molecule has 54 heavy (non-hydrogen) atoms. The smallest absolute Gasteiger partial charge is 0.509 e. The van der Waals surface area contributed by atoms with Gasteiger partial charge >= 0.3 is 21.1 Å². The molecular weight excluding hydrogens is 844 g/mol. The fourth-order valence-corrected chi connectivity index (χ4v) is 8.38. The van der Waals surface area contributed by atoms with Crippen LogP contribution in [0.1, 0.15) is 63.9 Å². The fraction of sp³-hybridized carbons (Fsp3) is 0.167. The van der Waals surface area contributed by atoms with Gasteiger partial charge in [-0.05, 0) is 91.1 Å². The minimum atomic E-state index is 0. The maximum absolute atomic E-state index is 6.59. The average Bonchev–Trinajstić information content (AvgIpc) is 3.67. The molecule has 0 fully saturated rings. The van der Waals surface area contributed by atoms with E-state index in [1.54, 1.807) is 0 Å². The number of nitrogens with zero attached hydrogens (tertiary/aromatic N) is 4. The molecule has 1 unspecified atom stereocenters. The molecule has 0 bridgehead atoms. The van der Waals surface area contributed by atoms with E-state index < -0.39 is 0 Å². The summed E-state index contributed by atoms with van der Waals surface area (Å²) >= 11 is 0. The Labute approximate surface area is 331 Å². The minimum Gasteiger partial charge on any atom is -0.509 e. The molecule has 3 heterocycles. The number of hydrogen-bond acceptors (Lipinski definition) is 3. The van der Waals surface area contributed by atoms with E-state index in [9.17, 15) is 0 Å². The Bertz CT molecular complexity index is 2660. The van der Waals surface area contributed by atoms with Gasteiger partial charge < -0.3 is 9.30 Å². The molecule has 1 aliphatic rings. The van der Waals surface area contributed by atoms with E-state index in [4.69, 9.17) is 14.8 Å². The summed E-state index contributed by atoms with van der Waals surface area (Å²) in [5, 5.41) is 7.45. The molecular formula is C48H40N4OPt. The normalized spacial score (nSPS) is 15.6. The van der Waals surface area contributed by atoms with E-state index in [0.29, 0.717) is 17.4 Å². The number of benzene rings is 5. The van der Waals surface area contributed by atoms with Crippen molar-refractivity contribution in [1.29, 1.82) is 0 Å². The standard InChI is InChI=1S/C48H40N4O.Pt/c1-31-24-25-49-46(28-31)51-44-21-12-11-18-42(44)43-23-22-38(30-45(43)51)53-39-27-32(2)26-37(29-39)52-34(4)47(33(3)50-52)48-40(35-14-7-5-8-15-35)19-13-20-41(48)36-16-9-6-10-17-36;/h5-12,14-19,21-28,41,48H,13,20H2,1-4H3;/q-2;+2/t41-,48?;/m1./s1. The van der Waals surface area contributed by atoms with E-state index in [0.717, 1.165) is 68.7 Å². The number of aromatic nitrogens is 4. The molecule has 0 saturated carbocycles. The van der Waals surface area contributed by atoms with Gasteiger partial charge in [-0.1, -0.05) is 97.4 Å². The van der Waals surface area contributed by atoms with Crippen LogP contribution in [0.5, 0.6) is 11.5 Å². The van der Waals surface area contributed by atoms with Gasteiger partial charge in [-0.15, -0.1) is 35.7 Å². The average molecular weight is 884 g/mol. The van der Waals surface area contributed by atoms with Crippen LogP contribution >= 0.6 is 0 Å². The number of ether oxygens (including phenoxy) is 1. The Morgan fingerprint density at radius 1 is 0.722 bits per heavy atom. The third-order valence-corrected chi connectivity index (χ3v) is 10.7. The summed E-state index contributed by atoms with van der Waals surface area (Å²) in [5.41, 5.74) is 12.5. The van der Waals surface area contributed by atoms with Crippen LogP contribution in [0.4, 0.5) is 0 Å². The zero-order valence-electron chi connectivity index (χ0n) is 30.8. The number of aryl methyl sites for hydroxylation is 3. The summed E-state index contributed by atoms with van der Waals surface area (Å²) < 4.78 is 10.8. The number of hydrogen-bond donors (Lipinski definition) is 0. The van der Waals surface area contributed by atoms with Crippen LogP contribution < -0.4 is 4.74 Å². The Hall–Kier alpha value is -5.51. The van der Waals surface area contributed by atoms with Crippen molar-refractivity contribution in [3.63, 3.8) is 0 Å². The van der Waals surface area contributed by atoms with Gasteiger partial charge in [0, 0.05) is 40.4 Å². The van der Waals surface area contributed by atoms with Crippen molar-refractivity contribution in [3.8, 4) is 23.0 Å². The summed E-state index contributed by atoms with van der Waals surface area (Å²) in [7, 11) is 0. The Balaban J connectivity index is 0.00000413. The second kappa shape index (κ2) is 14.7. The first kappa shape index (κ1) is 35.5. The molecule has 0 radical (unpaired) electrons. The number of rotatable bonds is 7. The van der Waals surface area contributed by atoms with Gasteiger partial charge in [0.25, 0.3) is 0 Å². The number of para-hydroxylation sites is 1. The maximum Gasteiger partial charge on any atom is 2.00 e. The van der Waals surface area contributed by atoms with Crippen LogP contribution in [0.2, 0.25) is 0 Å². The molecule has 9 rings (SSSR count). The molecule has 0 saturated heterocycles. The van der Waals surface area contributed by atoms with Gasteiger partial charge in [-0.25, -0.2) is 4.98 Å². The van der Waals surface area contributed by atoms with E-state index in [1.807, 2.05) is 24.4 Å². The third kappa shape index (κ3) is 6.41. The van der Waals surface area contributed by atoms with Crippen molar-refractivity contribution < 1.29 is 25.8 Å². The second-order valence-electron chi connectivity index (χ2n) is 14.2. The van der Waals surface area contributed by atoms with Gasteiger partial charge in [-0.2, -0.15) is 16.7 Å². The van der Waals surface area contributed by atoms with Crippen molar-refractivity contribution >= 4 is 27.4 Å². The van der Waals surface area contributed by atoms with Crippen LogP contribution in [0, 0.1) is 39.8 Å². The van der Waals surface area contributed by atoms with Crippen LogP contribution in [0.25, 0.3) is 38.9 Å². The minimum absolute atomic E-state index is 0. The summed E-state index contributed by atoms with van der Waals surface area (Å²) in [6.45, 7) is 8.53. The van der Waals surface area contributed by atoms with Gasteiger partial charge in [0.05, 0.1) is 5.69 Å². The molecule has 8 aromatic rings. The summed E-state index contributed by atoms with van der Waals surface area (Å²) in [6.07, 6.45) is 6.43. The zero-order valence-corrected chi connectivity index (χ0v) is 33.1. The van der Waals surface area contributed by atoms with E-state index in [1.165, 1.54) is 22.3 Å². The van der Waals surface area contributed by atoms with Gasteiger partial charge in [0.15, 0.2) is 0 Å². The van der Waals surface area contributed by atoms with Crippen molar-refractivity contribution in [2.24, 2.45) is 0 Å². The molecule has 0 N–H and O–H groups in total. The number of fused-ring (bicyclic) bond motifs is 3. The van der Waals surface area contributed by atoms with Crippen LogP contribution in [0.3, 0.4) is 0 Å². The molecule has 3 aromatic heterocycles. The Morgan fingerprint density at radius 3 is 2.28 bits per heavy atom. The van der Waals surface area contributed by atoms with Gasteiger partial charge in [-0.3, -0.25) is 4.68 Å². The van der Waals surface area contributed by atoms with Crippen LogP contribution in [-0.4, -0.2) is 19.3 Å². The first-order valence-corrected chi connectivity index (χ1v) is 18.4. The van der Waals surface area contributed by atoms with Crippen molar-refractivity contribution in [3.05, 3.63) is 185 Å². The number of pyridine rings is 1. The molecule has 5 nitrogen and oxygen atoms in total. The molecule has 1 aliphatic carbocycles. The van der Waals surface area contributed by atoms with Crippen LogP contribution in [0.15, 0.2) is 134 Å². The van der Waals surface area contributed by atoms with E-state index in [2.05, 4.69) is 158 Å². The van der Waals surface area contributed by atoms with Gasteiger partial charge in [0.2, 0.25) is 0 Å². The first-order valence-electron chi connectivity index (χ1n) is 18.4. The molecule has 6 heteroatoms. The second-order valence-corrected chi connectivity index (χ2v) is 14.2. The van der Waals surface area contributed by atoms with E-state index in [-0.39, 0.29) is 27.0 Å². The van der Waals surface area contributed by atoms with Gasteiger partial charge in [0.1, 0.15) is 5.82 Å². The molecule has 5 aromatic carbocycles. The zero-order chi connectivity index (χ0) is 36.1. The van der Waals surface area contributed by atoms with Crippen molar-refractivity contribution in [2.45, 2.75) is 52.4 Å². The summed E-state index contributed by atoms with van der Waals surface area (Å²) in [4.78, 5) is 4.73. The Kier molecular flexibility index (Phi) is 9.68. The molecule has 2 atom stereocenters. The SMILES string of the molecule is Cc1cc(Oc2[c-]c3c(cc2)c2ccccc2n3-c2cc(C)ccn2)[c-]c(-n2nc(C)c(C3C(c4ccccc4)=CCC[C@@H]3c3ccccc3)c2C)c1.[Pt+2]. The topological polar surface area (TPSA) is 44.9 Å². The molecule has 0 spiro atoms. The predicted molar refractivity (Wildman–Crippen MR) is 214 cm³/mol.